The molecule has 0 fully saturated rings. The average Bonchev–Trinajstić information content (AvgIpc) is 2.58. The number of aliphatic hydroxyl groups is 5. The minimum atomic E-state index is -6.56. The van der Waals surface area contributed by atoms with Crippen molar-refractivity contribution in [2.24, 2.45) is 0 Å². The second kappa shape index (κ2) is 13.2. The third-order valence-electron chi connectivity index (χ3n) is 2.74. The Labute approximate surface area is 202 Å². The van der Waals surface area contributed by atoms with E-state index in [1.807, 2.05) is 0 Å². The van der Waals surface area contributed by atoms with Crippen LogP contribution >= 0.6 is 46.9 Å². The van der Waals surface area contributed by atoms with Gasteiger partial charge in [-0.2, -0.15) is 21.6 Å². The molecule has 0 aromatic rings. The van der Waals surface area contributed by atoms with Gasteiger partial charge in [0.1, 0.15) is 18.3 Å². The van der Waals surface area contributed by atoms with Gasteiger partial charge in [-0.05, 0) is 0 Å². The molecule has 0 spiro atoms. The predicted octanol–water partition coefficient (Wildman–Crippen LogP) is -3.36. The number of carbonyl (C=O) groups is 1. The molecular formula is C6H18O25P6. The highest BCUT2D eigenvalue weighted by Crippen LogP contribution is 2.74. The van der Waals surface area contributed by atoms with Crippen LogP contribution in [0.5, 0.6) is 0 Å². The molecule has 0 bridgehead atoms. The van der Waals surface area contributed by atoms with Crippen LogP contribution in [0.4, 0.5) is 0 Å². The summed E-state index contributed by atoms with van der Waals surface area (Å²) in [4.78, 5) is 73.9. The van der Waals surface area contributed by atoms with Crippen molar-refractivity contribution in [2.45, 2.75) is 24.4 Å². The van der Waals surface area contributed by atoms with E-state index < -0.39 is 83.9 Å². The van der Waals surface area contributed by atoms with Gasteiger partial charge in [-0.25, -0.2) is 32.2 Å². The fourth-order valence-electron chi connectivity index (χ4n) is 1.56. The Kier molecular flexibility index (Phi) is 13.3. The first-order valence-electron chi connectivity index (χ1n) is 7.96. The van der Waals surface area contributed by atoms with E-state index in [2.05, 4.69) is 26.1 Å². The summed E-state index contributed by atoms with van der Waals surface area (Å²) < 4.78 is 87.5. The first kappa shape index (κ1) is 37.2. The Hall–Kier alpha value is 0.170. The van der Waals surface area contributed by atoms with Crippen LogP contribution < -0.4 is 0 Å². The SMILES string of the molecule is O=C(OP(=O)(O)OP(=O)(O)OP(=O)(O)OP(=O)(O)OP(=O)(O)OP(=O)(O)O)[C@@H](O)[C@@H](O)[C@H](O)[C@H](O)CO. The number of hydrogen-bond donors (Lipinski definition) is 12. The molecule has 0 amide bonds. The zero-order chi connectivity index (χ0) is 29.8. The highest BCUT2D eigenvalue weighted by atomic mass is 31.3. The minimum Gasteiger partial charge on any atom is -0.394 e. The number of carbonyl (C=O) groups excluding carboxylic acids is 1. The number of phosphoric ester groups is 1. The molecule has 5 unspecified atom stereocenters. The van der Waals surface area contributed by atoms with E-state index in [9.17, 15) is 62.2 Å². The van der Waals surface area contributed by atoms with Crippen molar-refractivity contribution in [3.05, 3.63) is 0 Å². The Morgan fingerprint density at radius 2 is 0.892 bits per heavy atom. The lowest BCUT2D eigenvalue weighted by Crippen LogP contribution is -2.49. The van der Waals surface area contributed by atoms with Crippen LogP contribution in [0.3, 0.4) is 0 Å². The lowest BCUT2D eigenvalue weighted by Gasteiger charge is -2.25. The van der Waals surface area contributed by atoms with E-state index >= 15 is 0 Å². The lowest BCUT2D eigenvalue weighted by molar-refractivity contribution is -0.162. The molecule has 37 heavy (non-hydrogen) atoms. The Morgan fingerprint density at radius 3 is 1.22 bits per heavy atom. The highest BCUT2D eigenvalue weighted by molar-refractivity contribution is 7.72. The number of phosphoric acid groups is 6. The van der Waals surface area contributed by atoms with Gasteiger partial charge in [-0.1, -0.05) is 0 Å². The minimum absolute atomic E-state index is 1.21. The summed E-state index contributed by atoms with van der Waals surface area (Å²) in [5, 5.41) is 45.9. The molecule has 0 saturated carbocycles. The fraction of sp³-hybridized carbons (Fsp3) is 0.833. The summed E-state index contributed by atoms with van der Waals surface area (Å²) in [7, 11) is -38.0. The van der Waals surface area contributed by atoms with E-state index in [4.69, 9.17) is 29.8 Å². The van der Waals surface area contributed by atoms with Crippen molar-refractivity contribution in [3.63, 3.8) is 0 Å². The molecule has 0 rings (SSSR count). The normalized spacial score (nSPS) is 24.1. The second-order valence-corrected chi connectivity index (χ2v) is 14.9. The molecule has 0 radical (unpaired) electrons. The zero-order valence-corrected chi connectivity index (χ0v) is 22.2. The third-order valence-corrected chi connectivity index (χ3v) is 11.4. The van der Waals surface area contributed by atoms with Crippen LogP contribution in [0.15, 0.2) is 0 Å². The van der Waals surface area contributed by atoms with E-state index in [1.54, 1.807) is 0 Å². The van der Waals surface area contributed by atoms with Crippen molar-refractivity contribution >= 4 is 52.9 Å². The molecule has 0 saturated heterocycles. The van der Waals surface area contributed by atoms with Gasteiger partial charge in [0.05, 0.1) is 6.61 Å². The van der Waals surface area contributed by atoms with Gasteiger partial charge >= 0.3 is 52.9 Å². The molecule has 0 aliphatic carbocycles. The highest BCUT2D eigenvalue weighted by Gasteiger charge is 2.50. The maximum Gasteiger partial charge on any atom is 0.538 e. The number of hydrogen-bond acceptors (Lipinski definition) is 18. The maximum absolute atomic E-state index is 11.7. The molecule has 31 heteroatoms. The summed E-state index contributed by atoms with van der Waals surface area (Å²) in [6, 6.07) is 0. The van der Waals surface area contributed by atoms with Crippen molar-refractivity contribution in [1.82, 2.24) is 0 Å². The molecular weight excluding hydrogens is 658 g/mol. The van der Waals surface area contributed by atoms with Gasteiger partial charge in [0.25, 0.3) is 0 Å². The quantitative estimate of drug-likeness (QED) is 0.0710. The molecule has 0 aliphatic rings. The van der Waals surface area contributed by atoms with Crippen LogP contribution in [0, 0.1) is 0 Å². The fourth-order valence-corrected chi connectivity index (χ4v) is 8.83. The van der Waals surface area contributed by atoms with Crippen LogP contribution in [-0.4, -0.2) is 96.8 Å². The molecule has 0 aliphatic heterocycles. The summed E-state index contributed by atoms with van der Waals surface area (Å²) in [5.74, 6) is -2.41. The van der Waals surface area contributed by atoms with Crippen LogP contribution in [0.25, 0.3) is 0 Å². The van der Waals surface area contributed by atoms with Crippen LogP contribution in [0.2, 0.25) is 0 Å². The third kappa shape index (κ3) is 14.9. The van der Waals surface area contributed by atoms with Gasteiger partial charge in [0.15, 0.2) is 6.10 Å². The zero-order valence-electron chi connectivity index (χ0n) is 16.9. The summed E-state index contributed by atoms with van der Waals surface area (Å²) >= 11 is 0. The smallest absolute Gasteiger partial charge is 0.394 e. The molecule has 0 heterocycles. The monoisotopic (exact) mass is 676 g/mol. The van der Waals surface area contributed by atoms with E-state index in [1.165, 1.54) is 0 Å². The van der Waals surface area contributed by atoms with Crippen molar-refractivity contribution in [3.8, 4) is 0 Å². The Bertz CT molecular complexity index is 1090. The average molecular weight is 676 g/mol. The molecule has 12 N–H and O–H groups in total. The summed E-state index contributed by atoms with van der Waals surface area (Å²) in [6.07, 6.45) is -10.3. The number of aliphatic hydroxyl groups excluding tert-OH is 5. The summed E-state index contributed by atoms with van der Waals surface area (Å²) in [6.45, 7) is -1.21. The number of rotatable bonds is 16. The topological polar surface area (TPSA) is 418 Å². The van der Waals surface area contributed by atoms with Gasteiger partial charge in [0, 0.05) is 0 Å². The van der Waals surface area contributed by atoms with Crippen molar-refractivity contribution < 1.29 is 118 Å². The molecule has 222 valence electrons. The maximum atomic E-state index is 11.7. The molecule has 9 atom stereocenters. The van der Waals surface area contributed by atoms with Crippen LogP contribution in [0.1, 0.15) is 0 Å². The standard InChI is InChI=1S/C6H18O25P6/c7-1-2(8)3(9)4(10)5(11)6(12)26-33(16,17)28-35(20,21)30-37(24,25)31-36(22,23)29-34(18,19)27-32(13,14)15/h2-5,7-11H,1H2,(H,16,17)(H,18,19)(H,20,21)(H,22,23)(H,24,25)(H2,13,14,15)/t2-,3-,4+,5+/m1/s1. The first-order chi connectivity index (χ1) is 16.1. The first-order valence-corrected chi connectivity index (χ1v) is 17.0. The van der Waals surface area contributed by atoms with Gasteiger partial charge < -0.3 is 59.4 Å². The van der Waals surface area contributed by atoms with Gasteiger partial charge in [0.2, 0.25) is 0 Å². The van der Waals surface area contributed by atoms with E-state index in [0.717, 1.165) is 0 Å². The van der Waals surface area contributed by atoms with Gasteiger partial charge in [-0.15, -0.1) is 0 Å². The van der Waals surface area contributed by atoms with Crippen molar-refractivity contribution in [1.29, 1.82) is 0 Å². The van der Waals surface area contributed by atoms with E-state index in [-0.39, 0.29) is 0 Å². The van der Waals surface area contributed by atoms with Crippen LogP contribution in [-0.2, 0) is 58.3 Å². The Balaban J connectivity index is 5.39. The summed E-state index contributed by atoms with van der Waals surface area (Å²) in [5.41, 5.74) is 0. The molecule has 25 nitrogen and oxygen atoms in total. The largest absolute Gasteiger partial charge is 0.538 e. The predicted molar refractivity (Wildman–Crippen MR) is 104 cm³/mol. The van der Waals surface area contributed by atoms with E-state index in [0.29, 0.717) is 0 Å². The lowest BCUT2D eigenvalue weighted by atomic mass is 10.0. The van der Waals surface area contributed by atoms with Gasteiger partial charge in [-0.3, -0.25) is 4.89 Å². The second-order valence-electron chi connectivity index (χ2n) is 5.83. The molecule has 0 aromatic carbocycles. The van der Waals surface area contributed by atoms with Crippen molar-refractivity contribution in [2.75, 3.05) is 6.61 Å². The molecule has 0 aromatic heterocycles. The Morgan fingerprint density at radius 1 is 0.568 bits per heavy atom.